The maximum atomic E-state index is 13.4. The molecule has 34 heavy (non-hydrogen) atoms. The van der Waals surface area contributed by atoms with Crippen molar-refractivity contribution in [1.29, 1.82) is 0 Å². The monoisotopic (exact) mass is 482 g/mol. The summed E-state index contributed by atoms with van der Waals surface area (Å²) >= 11 is 1.60. The maximum absolute atomic E-state index is 13.4. The molecule has 1 aliphatic rings. The molecule has 4 rings (SSSR count). The molecule has 9 heteroatoms. The van der Waals surface area contributed by atoms with Crippen LogP contribution in [0.25, 0.3) is 10.4 Å². The fourth-order valence-corrected chi connectivity index (χ4v) is 5.31. The predicted molar refractivity (Wildman–Crippen MR) is 129 cm³/mol. The van der Waals surface area contributed by atoms with Gasteiger partial charge in [-0.15, -0.1) is 11.3 Å². The van der Waals surface area contributed by atoms with Crippen LogP contribution in [0.2, 0.25) is 0 Å². The number of hydrogen-bond acceptors (Lipinski definition) is 7. The smallest absolute Gasteiger partial charge is 0.243 e. The van der Waals surface area contributed by atoms with Crippen LogP contribution in [0.3, 0.4) is 0 Å². The Bertz CT molecular complexity index is 1130. The fraction of sp³-hybridized carbons (Fsp3) is 0.440. The van der Waals surface area contributed by atoms with Gasteiger partial charge in [-0.2, -0.15) is 0 Å². The van der Waals surface area contributed by atoms with E-state index in [0.29, 0.717) is 5.76 Å². The first-order valence-electron chi connectivity index (χ1n) is 11.5. The lowest BCUT2D eigenvalue weighted by Gasteiger charge is -2.29. The first-order chi connectivity index (χ1) is 16.3. The van der Waals surface area contributed by atoms with Gasteiger partial charge < -0.3 is 19.8 Å². The third kappa shape index (κ3) is 4.90. The lowest BCUT2D eigenvalue weighted by atomic mass is 9.91. The van der Waals surface area contributed by atoms with Crippen LogP contribution in [-0.4, -0.2) is 50.7 Å². The van der Waals surface area contributed by atoms with E-state index in [1.807, 2.05) is 57.5 Å². The van der Waals surface area contributed by atoms with Crippen LogP contribution in [0.1, 0.15) is 56.2 Å². The highest BCUT2D eigenvalue weighted by Crippen LogP contribution is 2.31. The number of aromatic nitrogens is 2. The summed E-state index contributed by atoms with van der Waals surface area (Å²) in [5, 5.41) is 17.0. The number of amides is 2. The van der Waals surface area contributed by atoms with Gasteiger partial charge >= 0.3 is 0 Å². The number of rotatable bonds is 7. The summed E-state index contributed by atoms with van der Waals surface area (Å²) in [4.78, 5) is 33.5. The van der Waals surface area contributed by atoms with Gasteiger partial charge in [0.05, 0.1) is 34.4 Å². The Kier molecular flexibility index (Phi) is 7.13. The van der Waals surface area contributed by atoms with E-state index >= 15 is 0 Å². The van der Waals surface area contributed by atoms with Crippen molar-refractivity contribution in [2.24, 2.45) is 5.92 Å². The van der Waals surface area contributed by atoms with Crippen molar-refractivity contribution in [2.45, 2.75) is 58.2 Å². The highest BCUT2D eigenvalue weighted by molar-refractivity contribution is 7.13. The summed E-state index contributed by atoms with van der Waals surface area (Å²) < 4.78 is 5.26. The minimum Gasteiger partial charge on any atom is -0.391 e. The average molecular weight is 483 g/mol. The SMILES string of the molecule is Cc1ncsc1-c1ccc([C@H](C)NC(=O)[C@@H]2C[C@@H](O)CN2C(=O)[C@H](c2ccno2)C(C)C)cc1. The fourth-order valence-electron chi connectivity index (χ4n) is 4.50. The second kappa shape index (κ2) is 10.1. The molecule has 2 amide bonds. The van der Waals surface area contributed by atoms with E-state index in [2.05, 4.69) is 15.5 Å². The summed E-state index contributed by atoms with van der Waals surface area (Å²) in [5.41, 5.74) is 4.87. The van der Waals surface area contributed by atoms with Gasteiger partial charge in [-0.3, -0.25) is 9.59 Å². The zero-order valence-corrected chi connectivity index (χ0v) is 20.6. The van der Waals surface area contributed by atoms with Crippen molar-refractivity contribution in [1.82, 2.24) is 20.4 Å². The molecular formula is C25H30N4O4S. The number of aliphatic hydroxyl groups is 1. The second-order valence-electron chi connectivity index (χ2n) is 9.15. The number of nitrogens with zero attached hydrogens (tertiary/aromatic N) is 3. The number of aryl methyl sites for hydroxylation is 1. The number of β-amino-alcohol motifs (C(OH)–C–C–N with tert-alkyl or cyclic N) is 1. The molecule has 1 aromatic carbocycles. The number of carbonyl (C=O) groups excluding carboxylic acids is 2. The van der Waals surface area contributed by atoms with Crippen LogP contribution in [-0.2, 0) is 9.59 Å². The second-order valence-corrected chi connectivity index (χ2v) is 10.0. The van der Waals surface area contributed by atoms with E-state index < -0.39 is 18.1 Å². The van der Waals surface area contributed by atoms with Crippen molar-refractivity contribution in [3.05, 3.63) is 59.1 Å². The summed E-state index contributed by atoms with van der Waals surface area (Å²) in [7, 11) is 0. The van der Waals surface area contributed by atoms with Gasteiger partial charge in [0.15, 0.2) is 0 Å². The molecule has 0 aliphatic carbocycles. The van der Waals surface area contributed by atoms with Crippen molar-refractivity contribution in [3.63, 3.8) is 0 Å². The number of thiazole rings is 1. The van der Waals surface area contributed by atoms with E-state index in [4.69, 9.17) is 4.52 Å². The number of nitrogens with one attached hydrogen (secondary N) is 1. The van der Waals surface area contributed by atoms with E-state index in [0.717, 1.165) is 21.7 Å². The molecule has 1 saturated heterocycles. The largest absolute Gasteiger partial charge is 0.391 e. The molecular weight excluding hydrogens is 452 g/mol. The van der Waals surface area contributed by atoms with Crippen LogP contribution in [0.5, 0.6) is 0 Å². The van der Waals surface area contributed by atoms with Gasteiger partial charge in [-0.25, -0.2) is 4.98 Å². The van der Waals surface area contributed by atoms with Gasteiger partial charge in [-0.1, -0.05) is 43.3 Å². The van der Waals surface area contributed by atoms with Crippen molar-refractivity contribution in [3.8, 4) is 10.4 Å². The molecule has 0 bridgehead atoms. The number of aliphatic hydroxyl groups excluding tert-OH is 1. The third-order valence-electron chi connectivity index (χ3n) is 6.34. The lowest BCUT2D eigenvalue weighted by molar-refractivity contribution is -0.141. The molecule has 0 saturated carbocycles. The molecule has 3 heterocycles. The Morgan fingerprint density at radius 3 is 2.53 bits per heavy atom. The van der Waals surface area contributed by atoms with E-state index in [1.54, 1.807) is 17.4 Å². The Morgan fingerprint density at radius 2 is 1.94 bits per heavy atom. The van der Waals surface area contributed by atoms with Gasteiger partial charge in [0.25, 0.3) is 0 Å². The van der Waals surface area contributed by atoms with Gasteiger partial charge in [0, 0.05) is 19.0 Å². The van der Waals surface area contributed by atoms with Crippen molar-refractivity contribution >= 4 is 23.2 Å². The average Bonchev–Trinajstić information content (AvgIpc) is 3.55. The lowest BCUT2D eigenvalue weighted by Crippen LogP contribution is -2.48. The van der Waals surface area contributed by atoms with Gasteiger partial charge in [-0.05, 0) is 30.9 Å². The topological polar surface area (TPSA) is 109 Å². The van der Waals surface area contributed by atoms with E-state index in [-0.39, 0.29) is 36.7 Å². The van der Waals surface area contributed by atoms with E-state index in [1.165, 1.54) is 11.1 Å². The van der Waals surface area contributed by atoms with Crippen molar-refractivity contribution < 1.29 is 19.2 Å². The molecule has 2 N–H and O–H groups in total. The minimum absolute atomic E-state index is 0.0541. The normalized spacial score (nSPS) is 19.9. The molecule has 1 aliphatic heterocycles. The van der Waals surface area contributed by atoms with Crippen molar-refractivity contribution in [2.75, 3.05) is 6.54 Å². The number of benzene rings is 1. The molecule has 3 aromatic rings. The number of carbonyl (C=O) groups is 2. The van der Waals surface area contributed by atoms with E-state index in [9.17, 15) is 14.7 Å². The molecule has 0 spiro atoms. The molecule has 1 fully saturated rings. The van der Waals surface area contributed by atoms with Gasteiger partial charge in [0.1, 0.15) is 17.7 Å². The van der Waals surface area contributed by atoms with Crippen LogP contribution in [0.15, 0.2) is 46.6 Å². The van der Waals surface area contributed by atoms with Crippen LogP contribution in [0.4, 0.5) is 0 Å². The van der Waals surface area contributed by atoms with Gasteiger partial charge in [0.2, 0.25) is 11.8 Å². The highest BCUT2D eigenvalue weighted by Gasteiger charge is 2.43. The quantitative estimate of drug-likeness (QED) is 0.532. The Balaban J connectivity index is 1.47. The Labute approximate surface area is 203 Å². The summed E-state index contributed by atoms with van der Waals surface area (Å²) in [5.74, 6) is -0.671. The minimum atomic E-state index is -0.750. The Morgan fingerprint density at radius 1 is 1.21 bits per heavy atom. The molecule has 0 radical (unpaired) electrons. The van der Waals surface area contributed by atoms with Crippen LogP contribution >= 0.6 is 11.3 Å². The first-order valence-corrected chi connectivity index (χ1v) is 12.3. The summed E-state index contributed by atoms with van der Waals surface area (Å²) in [6.07, 6.45) is 0.957. The first kappa shape index (κ1) is 24.1. The highest BCUT2D eigenvalue weighted by atomic mass is 32.1. The zero-order chi connectivity index (χ0) is 24.4. The summed E-state index contributed by atoms with van der Waals surface area (Å²) in [6.45, 7) is 7.86. The molecule has 0 unspecified atom stereocenters. The standard InChI is InChI=1S/C25H30N4O4S/c1-14(2)22(21-9-10-27-33-21)25(32)29-12-19(30)11-20(29)24(31)28-15(3)17-5-7-18(8-6-17)23-16(4)26-13-34-23/h5-10,13-15,19-20,22,30H,11-12H2,1-4H3,(H,28,31)/t15-,19+,20-,22-/m0/s1. The maximum Gasteiger partial charge on any atom is 0.243 e. The molecule has 8 nitrogen and oxygen atoms in total. The van der Waals surface area contributed by atoms with Crippen LogP contribution in [0, 0.1) is 12.8 Å². The molecule has 2 aromatic heterocycles. The number of likely N-dealkylation sites (tertiary alicyclic amines) is 1. The third-order valence-corrected chi connectivity index (χ3v) is 7.32. The number of hydrogen-bond donors (Lipinski definition) is 2. The molecule has 4 atom stereocenters. The molecule has 180 valence electrons. The zero-order valence-electron chi connectivity index (χ0n) is 19.8. The summed E-state index contributed by atoms with van der Waals surface area (Å²) in [6, 6.07) is 8.71. The predicted octanol–water partition coefficient (Wildman–Crippen LogP) is 3.69. The van der Waals surface area contributed by atoms with Crippen LogP contribution < -0.4 is 5.32 Å². The Hall–Kier alpha value is -3.04.